The molecule has 1 atom stereocenters. The van der Waals surface area contributed by atoms with E-state index in [4.69, 9.17) is 4.74 Å². The number of rotatable bonds is 6. The minimum absolute atomic E-state index is 0. The van der Waals surface area contributed by atoms with E-state index in [-0.39, 0.29) is 18.3 Å². The molecule has 0 aromatic heterocycles. The predicted octanol–water partition coefficient (Wildman–Crippen LogP) is 2.09. The van der Waals surface area contributed by atoms with Crippen LogP contribution in [0.3, 0.4) is 0 Å². The lowest BCUT2D eigenvalue weighted by molar-refractivity contribution is -0.130. The summed E-state index contributed by atoms with van der Waals surface area (Å²) in [5, 5.41) is 3.35. The highest BCUT2D eigenvalue weighted by molar-refractivity contribution is 5.85. The molecule has 0 radical (unpaired) electrons. The molecule has 0 saturated carbocycles. The van der Waals surface area contributed by atoms with Crippen molar-refractivity contribution in [3.63, 3.8) is 0 Å². The number of para-hydroxylation sites is 1. The minimum atomic E-state index is 0. The van der Waals surface area contributed by atoms with Gasteiger partial charge in [-0.15, -0.1) is 12.4 Å². The van der Waals surface area contributed by atoms with E-state index < -0.39 is 0 Å². The first-order chi connectivity index (χ1) is 9.25. The van der Waals surface area contributed by atoms with E-state index in [9.17, 15) is 4.79 Å². The van der Waals surface area contributed by atoms with Gasteiger partial charge in [0, 0.05) is 19.5 Å². The Kier molecular flexibility index (Phi) is 7.41. The van der Waals surface area contributed by atoms with E-state index in [1.165, 1.54) is 6.42 Å². The van der Waals surface area contributed by atoms with Crippen LogP contribution in [-0.2, 0) is 4.79 Å². The van der Waals surface area contributed by atoms with Crippen molar-refractivity contribution in [1.82, 2.24) is 10.2 Å². The fourth-order valence-electron chi connectivity index (χ4n) is 2.24. The topological polar surface area (TPSA) is 41.6 Å². The number of amides is 1. The molecule has 1 aliphatic rings. The Labute approximate surface area is 126 Å². The molecular formula is C15H23ClN2O2. The molecule has 4 nitrogen and oxygen atoms in total. The Hall–Kier alpha value is -1.26. The van der Waals surface area contributed by atoms with E-state index in [0.29, 0.717) is 25.6 Å². The van der Waals surface area contributed by atoms with Crippen molar-refractivity contribution in [2.75, 3.05) is 26.7 Å². The average Bonchev–Trinajstić information content (AvgIpc) is 2.92. The van der Waals surface area contributed by atoms with Gasteiger partial charge < -0.3 is 15.0 Å². The third-order valence-electron chi connectivity index (χ3n) is 3.45. The van der Waals surface area contributed by atoms with Crippen molar-refractivity contribution >= 4 is 18.3 Å². The van der Waals surface area contributed by atoms with Crippen LogP contribution in [-0.4, -0.2) is 43.6 Å². The van der Waals surface area contributed by atoms with Gasteiger partial charge in [-0.3, -0.25) is 4.79 Å². The van der Waals surface area contributed by atoms with E-state index in [2.05, 4.69) is 5.32 Å². The van der Waals surface area contributed by atoms with E-state index >= 15 is 0 Å². The summed E-state index contributed by atoms with van der Waals surface area (Å²) < 4.78 is 5.59. The molecule has 2 rings (SSSR count). The number of benzene rings is 1. The van der Waals surface area contributed by atoms with Gasteiger partial charge in [0.05, 0.1) is 6.54 Å². The van der Waals surface area contributed by atoms with Gasteiger partial charge in [-0.25, -0.2) is 0 Å². The lowest BCUT2D eigenvalue weighted by Gasteiger charge is -2.19. The molecule has 1 heterocycles. The first kappa shape index (κ1) is 16.8. The second kappa shape index (κ2) is 8.82. The van der Waals surface area contributed by atoms with Crippen LogP contribution >= 0.6 is 12.4 Å². The normalized spacial score (nSPS) is 17.4. The molecule has 20 heavy (non-hydrogen) atoms. The summed E-state index contributed by atoms with van der Waals surface area (Å²) in [5.41, 5.74) is 0. The number of carbonyl (C=O) groups is 1. The van der Waals surface area contributed by atoms with Gasteiger partial charge in [0.15, 0.2) is 0 Å². The molecule has 0 spiro atoms. The lowest BCUT2D eigenvalue weighted by Crippen LogP contribution is -2.35. The van der Waals surface area contributed by atoms with Crippen molar-refractivity contribution in [3.05, 3.63) is 30.3 Å². The van der Waals surface area contributed by atoms with Crippen molar-refractivity contribution < 1.29 is 9.53 Å². The Morgan fingerprint density at radius 2 is 2.15 bits per heavy atom. The van der Waals surface area contributed by atoms with Crippen LogP contribution in [0.2, 0.25) is 0 Å². The van der Waals surface area contributed by atoms with Crippen molar-refractivity contribution in [2.45, 2.75) is 25.3 Å². The summed E-state index contributed by atoms with van der Waals surface area (Å²) in [6, 6.07) is 10.0. The molecule has 1 fully saturated rings. The van der Waals surface area contributed by atoms with Crippen LogP contribution in [0.4, 0.5) is 0 Å². The Morgan fingerprint density at radius 3 is 2.80 bits per heavy atom. The number of halogens is 1. The predicted molar refractivity (Wildman–Crippen MR) is 82.5 cm³/mol. The summed E-state index contributed by atoms with van der Waals surface area (Å²) in [4.78, 5) is 13.7. The molecule has 1 saturated heterocycles. The van der Waals surface area contributed by atoms with Gasteiger partial charge in [-0.2, -0.15) is 0 Å². The number of likely N-dealkylation sites (N-methyl/N-ethyl adjacent to an activating group) is 1. The van der Waals surface area contributed by atoms with Crippen molar-refractivity contribution in [1.29, 1.82) is 0 Å². The summed E-state index contributed by atoms with van der Waals surface area (Å²) in [6.07, 6.45) is 2.89. The van der Waals surface area contributed by atoms with Crippen LogP contribution in [0, 0.1) is 0 Å². The van der Waals surface area contributed by atoms with Crippen LogP contribution < -0.4 is 10.1 Å². The van der Waals surface area contributed by atoms with Crippen LogP contribution in [0.1, 0.15) is 19.3 Å². The fraction of sp³-hybridized carbons (Fsp3) is 0.533. The number of nitrogens with one attached hydrogen (secondary N) is 1. The van der Waals surface area contributed by atoms with Crippen LogP contribution in [0.5, 0.6) is 5.75 Å². The summed E-state index contributed by atoms with van der Waals surface area (Å²) >= 11 is 0. The molecule has 112 valence electrons. The quantitative estimate of drug-likeness (QED) is 0.874. The zero-order valence-corrected chi connectivity index (χ0v) is 12.7. The maximum Gasteiger partial charge on any atom is 0.223 e. The van der Waals surface area contributed by atoms with Crippen LogP contribution in [0.25, 0.3) is 0 Å². The maximum absolute atomic E-state index is 12.0. The highest BCUT2D eigenvalue weighted by Crippen LogP contribution is 2.10. The first-order valence-corrected chi connectivity index (χ1v) is 6.91. The number of ether oxygens (including phenoxy) is 1. The largest absolute Gasteiger partial charge is 0.492 e. The highest BCUT2D eigenvalue weighted by Gasteiger charge is 2.19. The van der Waals surface area contributed by atoms with Gasteiger partial charge in [0.2, 0.25) is 5.91 Å². The molecule has 1 aromatic rings. The molecule has 1 aliphatic heterocycles. The molecule has 5 heteroatoms. The molecule has 1 N–H and O–H groups in total. The van der Waals surface area contributed by atoms with Gasteiger partial charge in [0.1, 0.15) is 12.4 Å². The number of nitrogens with zero attached hydrogens (tertiary/aromatic N) is 1. The third-order valence-corrected chi connectivity index (χ3v) is 3.45. The van der Waals surface area contributed by atoms with E-state index in [0.717, 1.165) is 18.7 Å². The Morgan fingerprint density at radius 1 is 1.40 bits per heavy atom. The lowest BCUT2D eigenvalue weighted by atomic mass is 10.1. The maximum atomic E-state index is 12.0. The smallest absolute Gasteiger partial charge is 0.223 e. The van der Waals surface area contributed by atoms with E-state index in [1.54, 1.807) is 4.90 Å². The van der Waals surface area contributed by atoms with Crippen molar-refractivity contribution in [3.8, 4) is 5.75 Å². The fourth-order valence-corrected chi connectivity index (χ4v) is 2.24. The molecule has 0 aliphatic carbocycles. The second-order valence-corrected chi connectivity index (χ2v) is 4.97. The van der Waals surface area contributed by atoms with Crippen molar-refractivity contribution in [2.24, 2.45) is 0 Å². The first-order valence-electron chi connectivity index (χ1n) is 6.91. The molecule has 1 unspecified atom stereocenters. The molecule has 0 bridgehead atoms. The standard InChI is InChI=1S/C15H22N2O2.ClH/c1-17(15(18)12-13-6-5-9-16-13)10-11-19-14-7-3-2-4-8-14;/h2-4,7-8,13,16H,5-6,9-12H2,1H3;1H. The molecular weight excluding hydrogens is 276 g/mol. The van der Waals surface area contributed by atoms with Gasteiger partial charge in [-0.1, -0.05) is 18.2 Å². The van der Waals surface area contributed by atoms with E-state index in [1.807, 2.05) is 37.4 Å². The summed E-state index contributed by atoms with van der Waals surface area (Å²) in [5.74, 6) is 1.04. The minimum Gasteiger partial charge on any atom is -0.492 e. The number of hydrogen-bond donors (Lipinski definition) is 1. The van der Waals surface area contributed by atoms with Gasteiger partial charge in [-0.05, 0) is 31.5 Å². The zero-order valence-electron chi connectivity index (χ0n) is 11.9. The van der Waals surface area contributed by atoms with Crippen LogP contribution in [0.15, 0.2) is 30.3 Å². The Balaban J connectivity index is 0.00000200. The number of hydrogen-bond acceptors (Lipinski definition) is 3. The van der Waals surface area contributed by atoms with Gasteiger partial charge >= 0.3 is 0 Å². The highest BCUT2D eigenvalue weighted by atomic mass is 35.5. The summed E-state index contributed by atoms with van der Waals surface area (Å²) in [7, 11) is 1.84. The SMILES string of the molecule is CN(CCOc1ccccc1)C(=O)CC1CCCN1.Cl. The molecule has 1 amide bonds. The monoisotopic (exact) mass is 298 g/mol. The number of carbonyl (C=O) groups excluding carboxylic acids is 1. The van der Waals surface area contributed by atoms with Gasteiger partial charge in [0.25, 0.3) is 0 Å². The summed E-state index contributed by atoms with van der Waals surface area (Å²) in [6.45, 7) is 2.20. The third kappa shape index (κ3) is 5.39. The second-order valence-electron chi connectivity index (χ2n) is 4.97. The average molecular weight is 299 g/mol. The zero-order chi connectivity index (χ0) is 13.5. The molecule has 1 aromatic carbocycles. The Bertz CT molecular complexity index is 394.